The van der Waals surface area contributed by atoms with Crippen LogP contribution in [-0.2, 0) is 16.7 Å². The average molecular weight is 418 g/mol. The summed E-state index contributed by atoms with van der Waals surface area (Å²) in [5.74, 6) is 0. The Bertz CT molecular complexity index is 1050. The van der Waals surface area contributed by atoms with Crippen LogP contribution in [0.15, 0.2) is 72.0 Å². The van der Waals surface area contributed by atoms with Gasteiger partial charge in [-0.3, -0.25) is 4.98 Å². The number of benzene rings is 2. The molecule has 0 amide bonds. The molecule has 0 saturated heterocycles. The molecule has 4 nitrogen and oxygen atoms in total. The fraction of sp³-hybridized carbons (Fsp3) is 0.320. The number of hydrogen-bond donors (Lipinski definition) is 1. The lowest BCUT2D eigenvalue weighted by atomic mass is 9.68. The Morgan fingerprint density at radius 2 is 1.93 bits per heavy atom. The van der Waals surface area contributed by atoms with E-state index in [1.807, 2.05) is 49.6 Å². The van der Waals surface area contributed by atoms with Crippen molar-refractivity contribution in [1.29, 1.82) is 0 Å². The molecule has 1 atom stereocenters. The van der Waals surface area contributed by atoms with Crippen molar-refractivity contribution in [1.82, 2.24) is 10.3 Å². The highest BCUT2D eigenvalue weighted by atomic mass is 32.1. The van der Waals surface area contributed by atoms with Gasteiger partial charge in [-0.1, -0.05) is 72.3 Å². The number of rotatable bonds is 6. The summed E-state index contributed by atoms with van der Waals surface area (Å²) < 4.78 is 0. The van der Waals surface area contributed by atoms with Gasteiger partial charge in [0.15, 0.2) is 0 Å². The molecule has 0 bridgehead atoms. The monoisotopic (exact) mass is 417 g/mol. The van der Waals surface area contributed by atoms with Crippen LogP contribution in [0, 0.1) is 0 Å². The number of para-hydroxylation sites is 1. The van der Waals surface area contributed by atoms with Gasteiger partial charge in [0.2, 0.25) is 0 Å². The third-order valence-electron chi connectivity index (χ3n) is 5.91. The Labute approximate surface area is 183 Å². The number of pyridine rings is 1. The van der Waals surface area contributed by atoms with Gasteiger partial charge in [0.25, 0.3) is 0 Å². The van der Waals surface area contributed by atoms with Crippen LogP contribution in [0.4, 0.5) is 0 Å². The molecular formula is C25H27N3OS. The van der Waals surface area contributed by atoms with Crippen LogP contribution in [0.3, 0.4) is 0 Å². The molecule has 0 radical (unpaired) electrons. The lowest BCUT2D eigenvalue weighted by molar-refractivity contribution is 0.144. The van der Waals surface area contributed by atoms with Crippen LogP contribution in [-0.4, -0.2) is 29.3 Å². The number of likely N-dealkylation sites (N-methyl/N-ethyl adjacent to an activating group) is 1. The largest absolute Gasteiger partial charge is 0.395 e. The Hall–Kier alpha value is -2.79. The molecule has 1 saturated carbocycles. The number of fused-ring (bicyclic) bond motifs is 1. The summed E-state index contributed by atoms with van der Waals surface area (Å²) in [6, 6.07) is 20.7. The van der Waals surface area contributed by atoms with Crippen molar-refractivity contribution in [3.8, 4) is 0 Å². The van der Waals surface area contributed by atoms with Gasteiger partial charge in [-0.25, -0.2) is 0 Å². The molecule has 1 unspecified atom stereocenters. The fourth-order valence-corrected chi connectivity index (χ4v) is 4.64. The number of thiocarbonyl (C=S) groups is 1. The van der Waals surface area contributed by atoms with Crippen molar-refractivity contribution in [2.75, 3.05) is 13.7 Å². The van der Waals surface area contributed by atoms with E-state index in [0.717, 1.165) is 59.3 Å². The Morgan fingerprint density at radius 3 is 2.77 bits per heavy atom. The minimum atomic E-state index is -0.466. The first-order valence-corrected chi connectivity index (χ1v) is 11.0. The van der Waals surface area contributed by atoms with Gasteiger partial charge in [0, 0.05) is 25.1 Å². The Balaban J connectivity index is 1.65. The molecule has 1 fully saturated rings. The van der Waals surface area contributed by atoms with E-state index < -0.39 is 5.41 Å². The van der Waals surface area contributed by atoms with Crippen molar-refractivity contribution in [2.24, 2.45) is 5.16 Å². The van der Waals surface area contributed by atoms with E-state index in [9.17, 15) is 0 Å². The van der Waals surface area contributed by atoms with Crippen LogP contribution in [0.5, 0.6) is 0 Å². The molecule has 0 aliphatic heterocycles. The second-order valence-corrected chi connectivity index (χ2v) is 8.12. The maximum Gasteiger partial charge on any atom is 0.121 e. The molecule has 0 spiro atoms. The second-order valence-electron chi connectivity index (χ2n) is 7.72. The average Bonchev–Trinajstić information content (AvgIpc) is 2.82. The second kappa shape index (κ2) is 9.35. The number of hydrogen-bond acceptors (Lipinski definition) is 4. The molecule has 2 aromatic carbocycles. The molecule has 5 heteroatoms. The zero-order chi connectivity index (χ0) is 20.8. The Morgan fingerprint density at radius 1 is 1.13 bits per heavy atom. The van der Waals surface area contributed by atoms with Gasteiger partial charge in [0.1, 0.15) is 6.61 Å². The van der Waals surface area contributed by atoms with E-state index in [-0.39, 0.29) is 0 Å². The van der Waals surface area contributed by atoms with Crippen LogP contribution in [0.25, 0.3) is 10.9 Å². The highest BCUT2D eigenvalue weighted by Gasteiger charge is 2.44. The van der Waals surface area contributed by atoms with E-state index in [2.05, 4.69) is 34.7 Å². The van der Waals surface area contributed by atoms with E-state index >= 15 is 0 Å². The van der Waals surface area contributed by atoms with E-state index in [1.54, 1.807) is 0 Å². The summed E-state index contributed by atoms with van der Waals surface area (Å²) in [6.07, 6.45) is 6.76. The van der Waals surface area contributed by atoms with Gasteiger partial charge in [-0.15, -0.1) is 0 Å². The maximum absolute atomic E-state index is 5.85. The first kappa shape index (κ1) is 20.5. The van der Waals surface area contributed by atoms with Crippen molar-refractivity contribution in [3.05, 3.63) is 78.0 Å². The topological polar surface area (TPSA) is 46.5 Å². The molecule has 1 aromatic heterocycles. The maximum atomic E-state index is 5.85. The molecule has 154 valence electrons. The first-order chi connectivity index (χ1) is 14.7. The zero-order valence-corrected chi connectivity index (χ0v) is 18.1. The van der Waals surface area contributed by atoms with Crippen molar-refractivity contribution >= 4 is 33.8 Å². The van der Waals surface area contributed by atoms with Crippen LogP contribution >= 0.6 is 12.2 Å². The summed E-state index contributed by atoms with van der Waals surface area (Å²) >= 11 is 5.85. The van der Waals surface area contributed by atoms with Crippen LogP contribution < -0.4 is 5.32 Å². The van der Waals surface area contributed by atoms with Gasteiger partial charge in [-0.05, 0) is 42.5 Å². The SMILES string of the molecule is CNC(=S)C1(c2cnc3ccccc3c2)CCCCC1=NOCCc1ccccc1. The van der Waals surface area contributed by atoms with Crippen molar-refractivity contribution < 1.29 is 4.84 Å². The van der Waals surface area contributed by atoms with Gasteiger partial charge in [0.05, 0.1) is 21.6 Å². The van der Waals surface area contributed by atoms with E-state index in [0.29, 0.717) is 6.61 Å². The smallest absolute Gasteiger partial charge is 0.121 e. The first-order valence-electron chi connectivity index (χ1n) is 10.5. The number of oxime groups is 1. The molecular weight excluding hydrogens is 390 g/mol. The summed E-state index contributed by atoms with van der Waals surface area (Å²) in [4.78, 5) is 11.3. The zero-order valence-electron chi connectivity index (χ0n) is 17.3. The standard InChI is InChI=1S/C25H27N3OS/c1-26-24(30)25(21-17-20-11-5-6-12-22(20)27-18-21)15-8-7-13-23(25)28-29-16-14-19-9-3-2-4-10-19/h2-6,9-12,17-18H,7-8,13-16H2,1H3,(H,26,30). The summed E-state index contributed by atoms with van der Waals surface area (Å²) in [6.45, 7) is 0.547. The molecule has 4 rings (SSSR count). The predicted molar refractivity (Wildman–Crippen MR) is 127 cm³/mol. The molecule has 30 heavy (non-hydrogen) atoms. The molecule has 1 heterocycles. The molecule has 1 aliphatic rings. The van der Waals surface area contributed by atoms with E-state index in [1.165, 1.54) is 5.56 Å². The Kier molecular flexibility index (Phi) is 6.38. The van der Waals surface area contributed by atoms with Crippen LogP contribution in [0.2, 0.25) is 0 Å². The fourth-order valence-electron chi connectivity index (χ4n) is 4.30. The van der Waals surface area contributed by atoms with Gasteiger partial charge < -0.3 is 10.2 Å². The molecule has 1 aliphatic carbocycles. The molecule has 3 aromatic rings. The quantitative estimate of drug-likeness (QED) is 0.340. The highest BCUT2D eigenvalue weighted by Crippen LogP contribution is 2.39. The van der Waals surface area contributed by atoms with Crippen LogP contribution in [0.1, 0.15) is 36.8 Å². The number of nitrogens with zero attached hydrogens (tertiary/aromatic N) is 2. The lowest BCUT2D eigenvalue weighted by Crippen LogP contribution is -2.50. The summed E-state index contributed by atoms with van der Waals surface area (Å²) in [7, 11) is 1.89. The van der Waals surface area contributed by atoms with E-state index in [4.69, 9.17) is 22.0 Å². The third kappa shape index (κ3) is 4.08. The lowest BCUT2D eigenvalue weighted by Gasteiger charge is -2.38. The third-order valence-corrected chi connectivity index (χ3v) is 6.46. The minimum absolute atomic E-state index is 0.466. The number of aromatic nitrogens is 1. The number of nitrogens with one attached hydrogen (secondary N) is 1. The summed E-state index contributed by atoms with van der Waals surface area (Å²) in [5.41, 5.74) is 3.85. The van der Waals surface area contributed by atoms with Crippen molar-refractivity contribution in [3.63, 3.8) is 0 Å². The van der Waals surface area contributed by atoms with Gasteiger partial charge >= 0.3 is 0 Å². The van der Waals surface area contributed by atoms with Crippen molar-refractivity contribution in [2.45, 2.75) is 37.5 Å². The normalized spacial score (nSPS) is 20.2. The summed E-state index contributed by atoms with van der Waals surface area (Å²) in [5, 5.41) is 8.99. The van der Waals surface area contributed by atoms with Gasteiger partial charge in [-0.2, -0.15) is 0 Å². The highest BCUT2D eigenvalue weighted by molar-refractivity contribution is 7.80. The predicted octanol–water partition coefficient (Wildman–Crippen LogP) is 5.21. The molecule has 1 N–H and O–H groups in total. The minimum Gasteiger partial charge on any atom is -0.395 e.